The van der Waals surface area contributed by atoms with Gasteiger partial charge in [-0.15, -0.1) is 0 Å². The van der Waals surface area contributed by atoms with Gasteiger partial charge in [0, 0.05) is 29.6 Å². The number of ether oxygens (including phenoxy) is 1. The smallest absolute Gasteiger partial charge is 0.337 e. The van der Waals surface area contributed by atoms with Gasteiger partial charge in [0.15, 0.2) is 11.5 Å². The Morgan fingerprint density at radius 3 is 2.42 bits per heavy atom. The second kappa shape index (κ2) is 11.5. The van der Waals surface area contributed by atoms with Gasteiger partial charge in [0.2, 0.25) is 0 Å². The lowest BCUT2D eigenvalue weighted by Gasteiger charge is -2.12. The Balaban J connectivity index is 1.33. The highest BCUT2D eigenvalue weighted by Crippen LogP contribution is 2.31. The van der Waals surface area contributed by atoms with Gasteiger partial charge in [0.25, 0.3) is 5.91 Å². The number of nitrogens with two attached hydrogens (primary N) is 1. The van der Waals surface area contributed by atoms with Crippen LogP contribution in [0.1, 0.15) is 26.3 Å². The monoisotopic (exact) mass is 572 g/mol. The van der Waals surface area contributed by atoms with Crippen LogP contribution in [0.5, 0.6) is 0 Å². The quantitative estimate of drug-likeness (QED) is 0.239. The second-order valence-electron chi connectivity index (χ2n) is 9.68. The highest BCUT2D eigenvalue weighted by molar-refractivity contribution is 5.98. The van der Waals surface area contributed by atoms with E-state index in [1.54, 1.807) is 12.3 Å². The van der Waals surface area contributed by atoms with Crippen LogP contribution in [0.2, 0.25) is 0 Å². The van der Waals surface area contributed by atoms with Crippen molar-refractivity contribution in [3.63, 3.8) is 0 Å². The minimum absolute atomic E-state index is 0.0147. The summed E-state index contributed by atoms with van der Waals surface area (Å²) in [4.78, 5) is 38.6. The molecule has 3 heterocycles. The molecule has 212 valence electrons. The number of esters is 1. The normalized spacial score (nSPS) is 10.9. The molecule has 9 nitrogen and oxygen atoms in total. The third-order valence-corrected chi connectivity index (χ3v) is 6.88. The Labute approximate surface area is 245 Å². The molecule has 0 spiro atoms. The molecule has 6 rings (SSSR count). The highest BCUT2D eigenvalue weighted by Gasteiger charge is 2.19. The fourth-order valence-corrected chi connectivity index (χ4v) is 4.76. The number of carbonyl (C=O) groups is 2. The number of nitrogens with one attached hydrogen (secondary N) is 1. The minimum atomic E-state index is -0.728. The molecule has 0 aliphatic heterocycles. The van der Waals surface area contributed by atoms with E-state index >= 15 is 0 Å². The average molecular weight is 573 g/mol. The number of anilines is 1. The molecule has 10 heteroatoms. The summed E-state index contributed by atoms with van der Waals surface area (Å²) in [6.45, 7) is 0.173. The third-order valence-electron chi connectivity index (χ3n) is 6.88. The number of rotatable bonds is 7. The number of hydrogen-bond donors (Lipinski definition) is 2. The number of nitrogens with zero attached hydrogens (tertiary/aromatic N) is 4. The van der Waals surface area contributed by atoms with E-state index in [1.807, 2.05) is 77.4 Å². The van der Waals surface area contributed by atoms with Crippen molar-refractivity contribution in [3.8, 4) is 28.3 Å². The molecule has 43 heavy (non-hydrogen) atoms. The Morgan fingerprint density at radius 2 is 1.67 bits per heavy atom. The topological polar surface area (TPSA) is 125 Å². The number of benzene rings is 3. The molecule has 0 unspecified atom stereocenters. The molecule has 0 radical (unpaired) electrons. The van der Waals surface area contributed by atoms with Gasteiger partial charge in [-0.3, -0.25) is 9.36 Å². The molecular formula is C33H25FN6O3. The second-order valence-corrected chi connectivity index (χ2v) is 9.68. The molecule has 3 aromatic heterocycles. The molecular weight excluding hydrogens is 547 g/mol. The number of fused-ring (bicyclic) bond motifs is 1. The van der Waals surface area contributed by atoms with Crippen molar-refractivity contribution in [1.82, 2.24) is 24.8 Å². The molecule has 6 aromatic rings. The van der Waals surface area contributed by atoms with Crippen molar-refractivity contribution in [3.05, 3.63) is 126 Å². The largest absolute Gasteiger partial charge is 0.465 e. The van der Waals surface area contributed by atoms with Crippen LogP contribution in [0, 0.1) is 5.82 Å². The molecule has 0 atom stereocenters. The third kappa shape index (κ3) is 5.53. The van der Waals surface area contributed by atoms with Gasteiger partial charge in [-0.2, -0.15) is 0 Å². The number of nitrogen functional groups attached to an aromatic ring is 1. The summed E-state index contributed by atoms with van der Waals surface area (Å²) >= 11 is 0. The van der Waals surface area contributed by atoms with Crippen LogP contribution >= 0.6 is 0 Å². The summed E-state index contributed by atoms with van der Waals surface area (Å²) in [6, 6.07) is 28.3. The molecule has 3 N–H and O–H groups in total. The maximum Gasteiger partial charge on any atom is 0.337 e. The summed E-state index contributed by atoms with van der Waals surface area (Å²) in [5.74, 6) is -1.03. The van der Waals surface area contributed by atoms with E-state index in [0.717, 1.165) is 34.6 Å². The molecule has 0 saturated carbocycles. The number of methoxy groups -OCH3 is 1. The Hall–Kier alpha value is -5.90. The molecule has 3 aromatic carbocycles. The van der Waals surface area contributed by atoms with Crippen molar-refractivity contribution in [2.45, 2.75) is 6.54 Å². The van der Waals surface area contributed by atoms with Gasteiger partial charge in [0.05, 0.1) is 23.9 Å². The van der Waals surface area contributed by atoms with Crippen LogP contribution < -0.4 is 11.1 Å². The summed E-state index contributed by atoms with van der Waals surface area (Å²) < 4.78 is 20.6. The minimum Gasteiger partial charge on any atom is -0.465 e. The lowest BCUT2D eigenvalue weighted by molar-refractivity contribution is 0.0600. The number of halogens is 1. The van der Waals surface area contributed by atoms with E-state index in [2.05, 4.69) is 15.0 Å². The summed E-state index contributed by atoms with van der Waals surface area (Å²) in [6.07, 6.45) is 1.63. The van der Waals surface area contributed by atoms with Gasteiger partial charge in [-0.25, -0.2) is 24.1 Å². The first kappa shape index (κ1) is 27.3. The van der Waals surface area contributed by atoms with Crippen LogP contribution in [-0.2, 0) is 11.3 Å². The van der Waals surface area contributed by atoms with E-state index in [-0.39, 0.29) is 17.7 Å². The van der Waals surface area contributed by atoms with Crippen LogP contribution in [-0.4, -0.2) is 38.5 Å². The highest BCUT2D eigenvalue weighted by atomic mass is 19.1. The van der Waals surface area contributed by atoms with Crippen molar-refractivity contribution in [2.75, 3.05) is 12.8 Å². The maximum absolute atomic E-state index is 14.0. The van der Waals surface area contributed by atoms with Crippen LogP contribution in [0.25, 0.3) is 39.5 Å². The van der Waals surface area contributed by atoms with Gasteiger partial charge >= 0.3 is 5.97 Å². The van der Waals surface area contributed by atoms with E-state index in [1.165, 1.54) is 13.2 Å². The lowest BCUT2D eigenvalue weighted by atomic mass is 10.1. The summed E-state index contributed by atoms with van der Waals surface area (Å²) in [5, 5.41) is 2.77. The first-order chi connectivity index (χ1) is 20.9. The summed E-state index contributed by atoms with van der Waals surface area (Å²) in [5.41, 5.74) is 11.6. The zero-order chi connectivity index (χ0) is 29.9. The van der Waals surface area contributed by atoms with Crippen molar-refractivity contribution in [1.29, 1.82) is 0 Å². The zero-order valence-electron chi connectivity index (χ0n) is 23.0. The van der Waals surface area contributed by atoms with E-state index in [4.69, 9.17) is 15.7 Å². The van der Waals surface area contributed by atoms with Crippen LogP contribution in [0.3, 0.4) is 0 Å². The van der Waals surface area contributed by atoms with E-state index in [9.17, 15) is 14.0 Å². The lowest BCUT2D eigenvalue weighted by Crippen LogP contribution is -2.23. The Bertz CT molecular complexity index is 1970. The Kier molecular flexibility index (Phi) is 7.32. The summed E-state index contributed by atoms with van der Waals surface area (Å²) in [7, 11) is 1.19. The molecule has 0 fully saturated rings. The first-order valence-electron chi connectivity index (χ1n) is 13.3. The van der Waals surface area contributed by atoms with Gasteiger partial charge in [0.1, 0.15) is 17.2 Å². The van der Waals surface area contributed by atoms with Crippen molar-refractivity contribution >= 4 is 28.9 Å². The standard InChI is InChI=1S/C33H25FN6O3/c1-43-33(42)23-16-22(17-24(34)18-23)32(41)37-19-20-9-11-25(12-10-20)40-30(26-8-5-15-36-29(26)35)39-28-14-13-27(38-31(28)40)21-6-3-2-4-7-21/h2-18H,19H2,1H3,(H2,35,36)(H,37,41). The molecule has 1 amide bonds. The van der Waals surface area contributed by atoms with E-state index < -0.39 is 17.7 Å². The SMILES string of the molecule is COC(=O)c1cc(F)cc(C(=O)NCc2ccc(-n3c(-c4cccnc4N)nc4ccc(-c5ccccc5)nc43)cc2)c1. The number of pyridine rings is 2. The molecule has 0 aliphatic rings. The van der Waals surface area contributed by atoms with Crippen molar-refractivity contribution in [2.24, 2.45) is 0 Å². The van der Waals surface area contributed by atoms with Crippen molar-refractivity contribution < 1.29 is 18.7 Å². The number of imidazole rings is 1. The Morgan fingerprint density at radius 1 is 0.907 bits per heavy atom. The average Bonchev–Trinajstić information content (AvgIpc) is 3.42. The molecule has 0 bridgehead atoms. The van der Waals surface area contributed by atoms with Crippen LogP contribution in [0.4, 0.5) is 10.2 Å². The first-order valence-corrected chi connectivity index (χ1v) is 13.3. The molecule has 0 saturated heterocycles. The van der Waals surface area contributed by atoms with E-state index in [0.29, 0.717) is 28.4 Å². The predicted molar refractivity (Wildman–Crippen MR) is 161 cm³/mol. The molecule has 0 aliphatic carbocycles. The maximum atomic E-state index is 14.0. The number of amides is 1. The predicted octanol–water partition coefficient (Wildman–Crippen LogP) is 5.59. The van der Waals surface area contributed by atoms with Gasteiger partial charge in [-0.05, 0) is 60.2 Å². The van der Waals surface area contributed by atoms with Gasteiger partial charge in [-0.1, -0.05) is 42.5 Å². The zero-order valence-corrected chi connectivity index (χ0v) is 23.0. The number of aromatic nitrogens is 4. The number of carbonyl (C=O) groups excluding carboxylic acids is 2. The van der Waals surface area contributed by atoms with Gasteiger partial charge < -0.3 is 15.8 Å². The fourth-order valence-electron chi connectivity index (χ4n) is 4.76. The number of hydrogen-bond acceptors (Lipinski definition) is 7. The van der Waals surface area contributed by atoms with Crippen LogP contribution in [0.15, 0.2) is 103 Å². The fraction of sp³-hybridized carbons (Fsp3) is 0.0606.